The Labute approximate surface area is 121 Å². The van der Waals surface area contributed by atoms with Crippen LogP contribution in [0, 0.1) is 0 Å². The molecular weight excluding hydrogens is 274 g/mol. The highest BCUT2D eigenvalue weighted by Crippen LogP contribution is 2.29. The molecule has 0 saturated carbocycles. The average Bonchev–Trinajstić information content (AvgIpc) is 2.45. The molecule has 0 spiro atoms. The highest BCUT2D eigenvalue weighted by Gasteiger charge is 2.21. The van der Waals surface area contributed by atoms with Crippen molar-refractivity contribution in [3.8, 4) is 0 Å². The van der Waals surface area contributed by atoms with Crippen molar-refractivity contribution in [3.63, 3.8) is 0 Å². The molecular formula is C15H23NO3S. The zero-order chi connectivity index (χ0) is 14.6. The standard InChI is InChI=1S/C15H23NO3S/c1-19-11-10-16-8-6-13(7-9-16)14-4-3-5-15(12-14)20(2,17)18/h3-5,12-13H,6-11H2,1-2H3. The van der Waals surface area contributed by atoms with Gasteiger partial charge in [0.2, 0.25) is 0 Å². The van der Waals surface area contributed by atoms with Gasteiger partial charge < -0.3 is 9.64 Å². The van der Waals surface area contributed by atoms with Crippen molar-refractivity contribution < 1.29 is 13.2 Å². The van der Waals surface area contributed by atoms with Gasteiger partial charge >= 0.3 is 0 Å². The van der Waals surface area contributed by atoms with Crippen molar-refractivity contribution >= 4 is 9.84 Å². The van der Waals surface area contributed by atoms with Crippen LogP contribution in [-0.2, 0) is 14.6 Å². The number of rotatable bonds is 5. The highest BCUT2D eigenvalue weighted by atomic mass is 32.2. The van der Waals surface area contributed by atoms with Crippen LogP contribution in [0.5, 0.6) is 0 Å². The highest BCUT2D eigenvalue weighted by molar-refractivity contribution is 7.90. The van der Waals surface area contributed by atoms with Crippen LogP contribution in [0.3, 0.4) is 0 Å². The van der Waals surface area contributed by atoms with Gasteiger partial charge in [0.15, 0.2) is 9.84 Å². The smallest absolute Gasteiger partial charge is 0.175 e. The summed E-state index contributed by atoms with van der Waals surface area (Å²) in [4.78, 5) is 2.83. The number of benzene rings is 1. The van der Waals surface area contributed by atoms with E-state index < -0.39 is 9.84 Å². The van der Waals surface area contributed by atoms with Crippen LogP contribution in [-0.4, -0.2) is 52.9 Å². The Kier molecular flexibility index (Phi) is 5.18. The zero-order valence-corrected chi connectivity index (χ0v) is 13.0. The Morgan fingerprint density at radius 3 is 2.60 bits per heavy atom. The van der Waals surface area contributed by atoms with E-state index in [9.17, 15) is 8.42 Å². The topological polar surface area (TPSA) is 46.6 Å². The van der Waals surface area contributed by atoms with Gasteiger partial charge in [-0.05, 0) is 49.5 Å². The average molecular weight is 297 g/mol. The van der Waals surface area contributed by atoms with E-state index in [-0.39, 0.29) is 0 Å². The van der Waals surface area contributed by atoms with Crippen LogP contribution in [0.15, 0.2) is 29.2 Å². The van der Waals surface area contributed by atoms with Gasteiger partial charge in [-0.2, -0.15) is 0 Å². The Balaban J connectivity index is 2.00. The number of hydrogen-bond acceptors (Lipinski definition) is 4. The van der Waals surface area contributed by atoms with E-state index in [1.165, 1.54) is 6.26 Å². The van der Waals surface area contributed by atoms with Crippen molar-refractivity contribution in [2.45, 2.75) is 23.7 Å². The minimum absolute atomic E-state index is 0.428. The Hall–Kier alpha value is -0.910. The monoisotopic (exact) mass is 297 g/mol. The van der Waals surface area contributed by atoms with Crippen LogP contribution in [0.4, 0.5) is 0 Å². The zero-order valence-electron chi connectivity index (χ0n) is 12.2. The second kappa shape index (κ2) is 6.70. The first kappa shape index (κ1) is 15.5. The van der Waals surface area contributed by atoms with Crippen molar-refractivity contribution in [1.29, 1.82) is 0 Å². The Bertz CT molecular complexity index is 534. The van der Waals surface area contributed by atoms with E-state index in [1.54, 1.807) is 13.2 Å². The number of piperidine rings is 1. The molecule has 0 atom stereocenters. The molecule has 0 aromatic heterocycles. The molecule has 1 aliphatic rings. The molecule has 5 heteroatoms. The normalized spacial score (nSPS) is 18.3. The molecule has 0 amide bonds. The van der Waals surface area contributed by atoms with Gasteiger partial charge in [-0.1, -0.05) is 12.1 Å². The summed E-state index contributed by atoms with van der Waals surface area (Å²) in [5.41, 5.74) is 1.15. The maximum Gasteiger partial charge on any atom is 0.175 e. The van der Waals surface area contributed by atoms with Gasteiger partial charge in [0.25, 0.3) is 0 Å². The van der Waals surface area contributed by atoms with E-state index in [0.717, 1.165) is 44.6 Å². The first-order valence-corrected chi connectivity index (χ1v) is 8.91. The molecule has 1 aliphatic heterocycles. The number of sulfone groups is 1. The number of methoxy groups -OCH3 is 1. The molecule has 1 saturated heterocycles. The van der Waals surface area contributed by atoms with E-state index in [4.69, 9.17) is 4.74 Å². The molecule has 1 fully saturated rings. The van der Waals surface area contributed by atoms with Crippen LogP contribution in [0.1, 0.15) is 24.3 Å². The second-order valence-corrected chi connectivity index (χ2v) is 7.47. The van der Waals surface area contributed by atoms with Crippen LogP contribution in [0.25, 0.3) is 0 Å². The predicted octanol–water partition coefficient (Wildman–Crippen LogP) is 1.92. The van der Waals surface area contributed by atoms with Crippen LogP contribution < -0.4 is 0 Å². The number of ether oxygens (including phenoxy) is 1. The van der Waals surface area contributed by atoms with Gasteiger partial charge in [0.1, 0.15) is 0 Å². The number of likely N-dealkylation sites (tertiary alicyclic amines) is 1. The molecule has 0 N–H and O–H groups in total. The fourth-order valence-electron chi connectivity index (χ4n) is 2.71. The quantitative estimate of drug-likeness (QED) is 0.833. The summed E-state index contributed by atoms with van der Waals surface area (Å²) in [5, 5.41) is 0. The van der Waals surface area contributed by atoms with Gasteiger partial charge in [0.05, 0.1) is 11.5 Å². The third-order valence-corrected chi connectivity index (χ3v) is 5.07. The Morgan fingerprint density at radius 1 is 1.30 bits per heavy atom. The van der Waals surface area contributed by atoms with E-state index >= 15 is 0 Å². The van der Waals surface area contributed by atoms with Crippen LogP contribution in [0.2, 0.25) is 0 Å². The van der Waals surface area contributed by atoms with Crippen LogP contribution >= 0.6 is 0 Å². The summed E-state index contributed by atoms with van der Waals surface area (Å²) in [6.07, 6.45) is 3.42. The molecule has 0 unspecified atom stereocenters. The third kappa shape index (κ3) is 4.04. The van der Waals surface area contributed by atoms with E-state index in [1.807, 2.05) is 18.2 Å². The minimum atomic E-state index is -3.11. The van der Waals surface area contributed by atoms with Gasteiger partial charge in [0, 0.05) is 19.9 Å². The third-order valence-electron chi connectivity index (χ3n) is 3.96. The summed E-state index contributed by atoms with van der Waals surface area (Å²) in [6.45, 7) is 3.86. The van der Waals surface area contributed by atoms with Gasteiger partial charge in [-0.3, -0.25) is 0 Å². The van der Waals surface area contributed by atoms with Crippen molar-refractivity contribution in [2.75, 3.05) is 39.6 Å². The lowest BCUT2D eigenvalue weighted by Crippen LogP contribution is -2.35. The molecule has 20 heavy (non-hydrogen) atoms. The number of hydrogen-bond donors (Lipinski definition) is 0. The molecule has 1 heterocycles. The van der Waals surface area contributed by atoms with Gasteiger partial charge in [-0.25, -0.2) is 8.42 Å². The molecule has 0 aliphatic carbocycles. The Morgan fingerprint density at radius 2 is 2.00 bits per heavy atom. The van der Waals surface area contributed by atoms with Crippen molar-refractivity contribution in [2.24, 2.45) is 0 Å². The predicted molar refractivity (Wildman–Crippen MR) is 79.8 cm³/mol. The summed E-state index contributed by atoms with van der Waals surface area (Å²) in [6, 6.07) is 7.41. The SMILES string of the molecule is COCCN1CCC(c2cccc(S(C)(=O)=O)c2)CC1. The minimum Gasteiger partial charge on any atom is -0.383 e. The lowest BCUT2D eigenvalue weighted by molar-refractivity contribution is 0.130. The van der Waals surface area contributed by atoms with Crippen molar-refractivity contribution in [3.05, 3.63) is 29.8 Å². The largest absolute Gasteiger partial charge is 0.383 e. The van der Waals surface area contributed by atoms with E-state index in [2.05, 4.69) is 4.90 Å². The lowest BCUT2D eigenvalue weighted by Gasteiger charge is -2.32. The first-order valence-electron chi connectivity index (χ1n) is 7.02. The first-order chi connectivity index (χ1) is 9.50. The van der Waals surface area contributed by atoms with E-state index in [0.29, 0.717) is 10.8 Å². The summed E-state index contributed by atoms with van der Waals surface area (Å²) in [5.74, 6) is 0.468. The fourth-order valence-corrected chi connectivity index (χ4v) is 3.39. The van der Waals surface area contributed by atoms with Crippen molar-refractivity contribution in [1.82, 2.24) is 4.90 Å². The second-order valence-electron chi connectivity index (χ2n) is 5.45. The summed E-state index contributed by atoms with van der Waals surface area (Å²) >= 11 is 0. The molecule has 4 nitrogen and oxygen atoms in total. The molecule has 1 aromatic rings. The summed E-state index contributed by atoms with van der Waals surface area (Å²) in [7, 11) is -1.39. The lowest BCUT2D eigenvalue weighted by atomic mass is 9.89. The maximum atomic E-state index is 11.6. The molecule has 112 valence electrons. The molecule has 1 aromatic carbocycles. The van der Waals surface area contributed by atoms with Gasteiger partial charge in [-0.15, -0.1) is 0 Å². The maximum absolute atomic E-state index is 11.6. The molecule has 2 rings (SSSR count). The molecule has 0 radical (unpaired) electrons. The molecule has 0 bridgehead atoms. The number of nitrogens with zero attached hydrogens (tertiary/aromatic N) is 1. The fraction of sp³-hybridized carbons (Fsp3) is 0.600. The summed E-state index contributed by atoms with van der Waals surface area (Å²) < 4.78 is 28.3.